The minimum absolute atomic E-state index is 0.0163. The molecule has 0 unspecified atom stereocenters. The second-order valence-electron chi connectivity index (χ2n) is 3.72. The molecule has 0 aliphatic heterocycles. The van der Waals surface area contributed by atoms with Crippen molar-refractivity contribution in [3.8, 4) is 6.07 Å². The summed E-state index contributed by atoms with van der Waals surface area (Å²) >= 11 is 0. The molecule has 0 aliphatic rings. The van der Waals surface area contributed by atoms with Gasteiger partial charge in [0.1, 0.15) is 0 Å². The Kier molecular flexibility index (Phi) is 4.49. The summed E-state index contributed by atoms with van der Waals surface area (Å²) in [6, 6.07) is 9.73. The topological polar surface area (TPSA) is 64.3 Å². The highest BCUT2D eigenvalue weighted by Gasteiger charge is 2.05. The van der Waals surface area contributed by atoms with E-state index in [1.165, 1.54) is 0 Å². The molecule has 0 radical (unpaired) electrons. The van der Waals surface area contributed by atoms with Gasteiger partial charge in [-0.15, -0.1) is 0 Å². The summed E-state index contributed by atoms with van der Waals surface area (Å²) < 4.78 is 0. The fourth-order valence-electron chi connectivity index (χ4n) is 1.53. The van der Waals surface area contributed by atoms with E-state index in [4.69, 9.17) is 10.4 Å². The van der Waals surface area contributed by atoms with Crippen molar-refractivity contribution in [3.63, 3.8) is 0 Å². The Bertz CT molecular complexity index is 410. The zero-order valence-corrected chi connectivity index (χ0v) is 9.18. The molecule has 84 valence electrons. The Hall–Kier alpha value is -1.86. The lowest BCUT2D eigenvalue weighted by atomic mass is 10.1. The second kappa shape index (κ2) is 5.89. The molecule has 1 aromatic carbocycles. The zero-order valence-electron chi connectivity index (χ0n) is 9.18. The Labute approximate surface area is 94.7 Å². The van der Waals surface area contributed by atoms with Crippen molar-refractivity contribution < 1.29 is 9.90 Å². The highest BCUT2D eigenvalue weighted by molar-refractivity contribution is 5.69. The van der Waals surface area contributed by atoms with Crippen LogP contribution in [0.4, 0.5) is 0 Å². The van der Waals surface area contributed by atoms with Crippen molar-refractivity contribution in [2.24, 2.45) is 0 Å². The molecule has 4 heteroatoms. The van der Waals surface area contributed by atoms with Crippen molar-refractivity contribution >= 4 is 5.97 Å². The molecule has 1 N–H and O–H groups in total. The lowest BCUT2D eigenvalue weighted by Gasteiger charge is -2.14. The Morgan fingerprint density at radius 1 is 1.50 bits per heavy atom. The van der Waals surface area contributed by atoms with E-state index in [9.17, 15) is 4.79 Å². The first-order valence-corrected chi connectivity index (χ1v) is 4.97. The van der Waals surface area contributed by atoms with Crippen molar-refractivity contribution in [1.82, 2.24) is 4.90 Å². The van der Waals surface area contributed by atoms with Crippen LogP contribution in [0.5, 0.6) is 0 Å². The van der Waals surface area contributed by atoms with Gasteiger partial charge in [0.05, 0.1) is 19.0 Å². The minimum Gasteiger partial charge on any atom is -0.480 e. The predicted octanol–water partition coefficient (Wildman–Crippen LogP) is 1.27. The van der Waals surface area contributed by atoms with Crippen molar-refractivity contribution in [1.29, 1.82) is 5.26 Å². The van der Waals surface area contributed by atoms with E-state index in [0.29, 0.717) is 13.0 Å². The maximum Gasteiger partial charge on any atom is 0.317 e. The molecule has 0 amide bonds. The van der Waals surface area contributed by atoms with Gasteiger partial charge in [0.2, 0.25) is 0 Å². The molecule has 4 nitrogen and oxygen atoms in total. The summed E-state index contributed by atoms with van der Waals surface area (Å²) in [4.78, 5) is 12.2. The smallest absolute Gasteiger partial charge is 0.317 e. The van der Waals surface area contributed by atoms with Crippen molar-refractivity contribution in [3.05, 3.63) is 35.4 Å². The molecule has 1 aromatic rings. The number of rotatable bonds is 5. The monoisotopic (exact) mass is 218 g/mol. The standard InChI is InChI=1S/C12H14N2O2/c1-14(9-12(15)16)8-11-4-2-3-10(7-11)5-6-13/h2-4,7H,5,8-9H2,1H3,(H,15,16). The third kappa shape index (κ3) is 4.11. The Morgan fingerprint density at radius 2 is 2.19 bits per heavy atom. The van der Waals surface area contributed by atoms with Crippen LogP contribution in [0.25, 0.3) is 0 Å². The third-order valence-electron chi connectivity index (χ3n) is 2.13. The molecule has 0 saturated heterocycles. The van der Waals surface area contributed by atoms with E-state index >= 15 is 0 Å². The van der Waals surface area contributed by atoms with Gasteiger partial charge in [-0.3, -0.25) is 9.69 Å². The number of likely N-dealkylation sites (N-methyl/N-ethyl adjacent to an activating group) is 1. The number of hydrogen-bond acceptors (Lipinski definition) is 3. The fourth-order valence-corrected chi connectivity index (χ4v) is 1.53. The van der Waals surface area contributed by atoms with Gasteiger partial charge in [-0.1, -0.05) is 24.3 Å². The van der Waals surface area contributed by atoms with Crippen LogP contribution in [-0.2, 0) is 17.8 Å². The molecule has 0 heterocycles. The van der Waals surface area contributed by atoms with Gasteiger partial charge in [0.25, 0.3) is 0 Å². The van der Waals surface area contributed by atoms with Crippen LogP contribution in [0.2, 0.25) is 0 Å². The molecule has 0 saturated carbocycles. The van der Waals surface area contributed by atoms with E-state index in [1.807, 2.05) is 24.3 Å². The van der Waals surface area contributed by atoms with Crippen LogP contribution in [0.3, 0.4) is 0 Å². The van der Waals surface area contributed by atoms with Crippen LogP contribution in [0.15, 0.2) is 24.3 Å². The minimum atomic E-state index is -0.837. The maximum absolute atomic E-state index is 10.5. The molecule has 0 aliphatic carbocycles. The van der Waals surface area contributed by atoms with Crippen LogP contribution in [0.1, 0.15) is 11.1 Å². The predicted molar refractivity (Wildman–Crippen MR) is 59.7 cm³/mol. The maximum atomic E-state index is 10.5. The summed E-state index contributed by atoms with van der Waals surface area (Å²) in [6.45, 7) is 0.591. The summed E-state index contributed by atoms with van der Waals surface area (Å²) in [6.07, 6.45) is 0.385. The van der Waals surface area contributed by atoms with E-state index < -0.39 is 5.97 Å². The molecule has 0 aromatic heterocycles. The van der Waals surface area contributed by atoms with Gasteiger partial charge in [-0.25, -0.2) is 0 Å². The number of carboxylic acids is 1. The third-order valence-corrected chi connectivity index (χ3v) is 2.13. The highest BCUT2D eigenvalue weighted by atomic mass is 16.4. The molecular weight excluding hydrogens is 204 g/mol. The molecular formula is C12H14N2O2. The van der Waals surface area contributed by atoms with E-state index in [2.05, 4.69) is 6.07 Å². The summed E-state index contributed by atoms with van der Waals surface area (Å²) in [5.74, 6) is -0.837. The number of benzene rings is 1. The fraction of sp³-hybridized carbons (Fsp3) is 0.333. The van der Waals surface area contributed by atoms with E-state index in [1.54, 1.807) is 11.9 Å². The summed E-state index contributed by atoms with van der Waals surface area (Å²) in [5.41, 5.74) is 1.99. The quantitative estimate of drug-likeness (QED) is 0.808. The summed E-state index contributed by atoms with van der Waals surface area (Å²) in [5, 5.41) is 17.2. The van der Waals surface area contributed by atoms with Crippen LogP contribution < -0.4 is 0 Å². The van der Waals surface area contributed by atoms with Crippen LogP contribution >= 0.6 is 0 Å². The number of nitrogens with zero attached hydrogens (tertiary/aromatic N) is 2. The van der Waals surface area contributed by atoms with Gasteiger partial charge in [-0.2, -0.15) is 5.26 Å². The van der Waals surface area contributed by atoms with Gasteiger partial charge in [0, 0.05) is 6.54 Å². The molecule has 1 rings (SSSR count). The summed E-state index contributed by atoms with van der Waals surface area (Å²) in [7, 11) is 1.76. The number of hydrogen-bond donors (Lipinski definition) is 1. The average Bonchev–Trinajstić information content (AvgIpc) is 2.17. The first-order valence-electron chi connectivity index (χ1n) is 4.97. The van der Waals surface area contributed by atoms with E-state index in [-0.39, 0.29) is 6.54 Å². The lowest BCUT2D eigenvalue weighted by Crippen LogP contribution is -2.25. The van der Waals surface area contributed by atoms with Gasteiger partial charge in [0.15, 0.2) is 0 Å². The van der Waals surface area contributed by atoms with Gasteiger partial charge in [-0.05, 0) is 18.2 Å². The normalized spacial score (nSPS) is 10.1. The molecule has 0 atom stereocenters. The number of carbonyl (C=O) groups is 1. The van der Waals surface area contributed by atoms with Crippen LogP contribution in [0, 0.1) is 11.3 Å². The SMILES string of the molecule is CN(CC(=O)O)Cc1cccc(CC#N)c1. The van der Waals surface area contributed by atoms with Crippen molar-refractivity contribution in [2.75, 3.05) is 13.6 Å². The lowest BCUT2D eigenvalue weighted by molar-refractivity contribution is -0.138. The van der Waals surface area contributed by atoms with E-state index in [0.717, 1.165) is 11.1 Å². The molecule has 0 fully saturated rings. The molecule has 16 heavy (non-hydrogen) atoms. The second-order valence-corrected chi connectivity index (χ2v) is 3.72. The first kappa shape index (κ1) is 12.2. The number of carboxylic acid groups (broad SMARTS) is 1. The van der Waals surface area contributed by atoms with Gasteiger partial charge < -0.3 is 5.11 Å². The Balaban J connectivity index is 2.63. The molecule has 0 spiro atoms. The highest BCUT2D eigenvalue weighted by Crippen LogP contribution is 2.07. The molecule has 0 bridgehead atoms. The van der Waals surface area contributed by atoms with Crippen molar-refractivity contribution in [2.45, 2.75) is 13.0 Å². The average molecular weight is 218 g/mol. The number of aliphatic carboxylic acids is 1. The first-order chi connectivity index (χ1) is 7.61. The number of nitriles is 1. The zero-order chi connectivity index (χ0) is 12.0. The van der Waals surface area contributed by atoms with Crippen LogP contribution in [-0.4, -0.2) is 29.6 Å². The Morgan fingerprint density at radius 3 is 2.81 bits per heavy atom. The largest absolute Gasteiger partial charge is 0.480 e. The van der Waals surface area contributed by atoms with Gasteiger partial charge >= 0.3 is 5.97 Å².